The van der Waals surface area contributed by atoms with Gasteiger partial charge in [0.1, 0.15) is 0 Å². The first-order chi connectivity index (χ1) is 7.84. The molecule has 1 aliphatic carbocycles. The van der Waals surface area contributed by atoms with Crippen molar-refractivity contribution in [1.82, 2.24) is 0 Å². The highest BCUT2D eigenvalue weighted by Gasteiger charge is 2.58. The van der Waals surface area contributed by atoms with Crippen LogP contribution in [-0.4, -0.2) is 24.5 Å². The summed E-state index contributed by atoms with van der Waals surface area (Å²) in [6, 6.07) is 0. The summed E-state index contributed by atoms with van der Waals surface area (Å²) in [5.74, 6) is -4.77. The normalized spacial score (nSPS) is 22.6. The Morgan fingerprint density at radius 3 is 2.06 bits per heavy atom. The molecule has 1 saturated carbocycles. The number of ether oxygens (including phenoxy) is 1. The average Bonchev–Trinajstić information content (AvgIpc) is 2.53. The van der Waals surface area contributed by atoms with Crippen molar-refractivity contribution in [3.05, 3.63) is 0 Å². The molecule has 5 heteroatoms. The van der Waals surface area contributed by atoms with Gasteiger partial charge in [-0.1, -0.05) is 25.7 Å². The third-order valence-corrected chi connectivity index (χ3v) is 3.75. The minimum atomic E-state index is -3.27. The van der Waals surface area contributed by atoms with Gasteiger partial charge in [-0.2, -0.15) is 0 Å². The molecular weight excluding hydrogens is 228 g/mol. The first-order valence-corrected chi connectivity index (χ1v) is 6.09. The number of rotatable bonds is 3. The lowest BCUT2D eigenvalue weighted by Crippen LogP contribution is -2.65. The topological polar surface area (TPSA) is 52.3 Å². The number of esters is 1. The Morgan fingerprint density at radius 1 is 1.24 bits per heavy atom. The Hall–Kier alpha value is -0.710. The fourth-order valence-corrected chi connectivity index (χ4v) is 2.61. The Labute approximate surface area is 101 Å². The largest absolute Gasteiger partial charge is 0.467 e. The first kappa shape index (κ1) is 14.4. The van der Waals surface area contributed by atoms with E-state index in [0.717, 1.165) is 32.8 Å². The third kappa shape index (κ3) is 2.76. The Morgan fingerprint density at radius 2 is 1.71 bits per heavy atom. The highest BCUT2D eigenvalue weighted by atomic mass is 19.3. The van der Waals surface area contributed by atoms with Gasteiger partial charge in [-0.05, 0) is 18.8 Å². The van der Waals surface area contributed by atoms with Gasteiger partial charge >= 0.3 is 5.97 Å². The van der Waals surface area contributed by atoms with Crippen LogP contribution in [0.5, 0.6) is 0 Å². The fraction of sp³-hybridized carbons (Fsp3) is 0.917. The van der Waals surface area contributed by atoms with E-state index in [0.29, 0.717) is 19.8 Å². The maximum Gasteiger partial charge on any atom is 0.332 e. The van der Waals surface area contributed by atoms with Crippen molar-refractivity contribution in [3.63, 3.8) is 0 Å². The monoisotopic (exact) mass is 249 g/mol. The van der Waals surface area contributed by atoms with E-state index in [2.05, 4.69) is 4.74 Å². The maximum atomic E-state index is 13.7. The zero-order valence-electron chi connectivity index (χ0n) is 10.5. The Kier molecular flexibility index (Phi) is 4.47. The van der Waals surface area contributed by atoms with E-state index in [-0.39, 0.29) is 0 Å². The Balaban J connectivity index is 3.00. The zero-order chi connectivity index (χ0) is 13.1. The molecule has 0 saturated heterocycles. The second kappa shape index (κ2) is 5.29. The van der Waals surface area contributed by atoms with Crippen LogP contribution in [0.3, 0.4) is 0 Å². The molecule has 0 heterocycles. The highest BCUT2D eigenvalue weighted by Crippen LogP contribution is 2.40. The van der Waals surface area contributed by atoms with Crippen LogP contribution in [0, 0.1) is 5.92 Å². The highest BCUT2D eigenvalue weighted by molar-refractivity contribution is 5.82. The van der Waals surface area contributed by atoms with E-state index in [4.69, 9.17) is 5.73 Å². The van der Waals surface area contributed by atoms with E-state index < -0.39 is 23.3 Å². The summed E-state index contributed by atoms with van der Waals surface area (Å²) in [5.41, 5.74) is 3.56. The summed E-state index contributed by atoms with van der Waals surface area (Å²) >= 11 is 0. The van der Waals surface area contributed by atoms with Crippen LogP contribution in [-0.2, 0) is 9.53 Å². The molecule has 0 bridgehead atoms. The fourth-order valence-electron chi connectivity index (χ4n) is 2.61. The minimum Gasteiger partial charge on any atom is -0.467 e. The van der Waals surface area contributed by atoms with Gasteiger partial charge in [0.15, 0.2) is 5.54 Å². The standard InChI is InChI=1S/C12H21F2NO2/c1-11(13,14)12(15,10(16)17-2)9-7-5-3-4-6-8-9/h9H,3-8,15H2,1-2H3. The molecule has 2 N–H and O–H groups in total. The van der Waals surface area contributed by atoms with Crippen molar-refractivity contribution in [2.75, 3.05) is 7.11 Å². The van der Waals surface area contributed by atoms with Crippen LogP contribution in [0.2, 0.25) is 0 Å². The molecule has 100 valence electrons. The summed E-state index contributed by atoms with van der Waals surface area (Å²) in [5, 5.41) is 0. The molecule has 1 aliphatic rings. The smallest absolute Gasteiger partial charge is 0.332 e. The number of carbonyl (C=O) groups is 1. The van der Waals surface area contributed by atoms with E-state index in [9.17, 15) is 13.6 Å². The SMILES string of the molecule is COC(=O)C(N)(C1CCCCCC1)C(C)(F)F. The molecule has 0 aromatic rings. The lowest BCUT2D eigenvalue weighted by atomic mass is 9.75. The van der Waals surface area contributed by atoms with Crippen molar-refractivity contribution in [2.45, 2.75) is 56.9 Å². The van der Waals surface area contributed by atoms with Crippen LogP contribution >= 0.6 is 0 Å². The molecule has 3 nitrogen and oxygen atoms in total. The van der Waals surface area contributed by atoms with E-state index in [1.807, 2.05) is 0 Å². The van der Waals surface area contributed by atoms with Gasteiger partial charge in [-0.3, -0.25) is 0 Å². The van der Waals surface area contributed by atoms with Gasteiger partial charge in [0.2, 0.25) is 0 Å². The molecule has 1 unspecified atom stereocenters. The van der Waals surface area contributed by atoms with Crippen LogP contribution in [0.1, 0.15) is 45.4 Å². The number of hydrogen-bond acceptors (Lipinski definition) is 3. The molecule has 1 atom stereocenters. The molecule has 0 aromatic heterocycles. The molecule has 0 amide bonds. The predicted molar refractivity (Wildman–Crippen MR) is 60.7 cm³/mol. The number of nitrogens with two attached hydrogens (primary N) is 1. The zero-order valence-corrected chi connectivity index (χ0v) is 10.5. The van der Waals surface area contributed by atoms with E-state index in [1.54, 1.807) is 0 Å². The summed E-state index contributed by atoms with van der Waals surface area (Å²) < 4.78 is 31.9. The minimum absolute atomic E-state index is 0.502. The van der Waals surface area contributed by atoms with E-state index >= 15 is 0 Å². The van der Waals surface area contributed by atoms with E-state index in [1.165, 1.54) is 0 Å². The van der Waals surface area contributed by atoms with Gasteiger partial charge in [0.25, 0.3) is 5.92 Å². The quantitative estimate of drug-likeness (QED) is 0.617. The number of alkyl halides is 2. The van der Waals surface area contributed by atoms with Crippen molar-refractivity contribution >= 4 is 5.97 Å². The molecule has 0 radical (unpaired) electrons. The summed E-state index contributed by atoms with van der Waals surface area (Å²) in [7, 11) is 1.10. The number of methoxy groups -OCH3 is 1. The lowest BCUT2D eigenvalue weighted by molar-refractivity contribution is -0.169. The number of halogens is 2. The molecule has 1 rings (SSSR count). The van der Waals surface area contributed by atoms with Crippen molar-refractivity contribution < 1.29 is 18.3 Å². The van der Waals surface area contributed by atoms with Crippen LogP contribution in [0.25, 0.3) is 0 Å². The second-order valence-corrected chi connectivity index (χ2v) is 4.94. The van der Waals surface area contributed by atoms with Gasteiger partial charge in [0.05, 0.1) is 7.11 Å². The Bertz CT molecular complexity index is 270. The third-order valence-electron chi connectivity index (χ3n) is 3.75. The van der Waals surface area contributed by atoms with Crippen LogP contribution < -0.4 is 5.73 Å². The van der Waals surface area contributed by atoms with Crippen molar-refractivity contribution in [3.8, 4) is 0 Å². The van der Waals surface area contributed by atoms with Crippen molar-refractivity contribution in [2.24, 2.45) is 11.7 Å². The van der Waals surface area contributed by atoms with Crippen molar-refractivity contribution in [1.29, 1.82) is 0 Å². The predicted octanol–water partition coefficient (Wildman–Crippen LogP) is 2.48. The molecule has 17 heavy (non-hydrogen) atoms. The summed E-state index contributed by atoms with van der Waals surface area (Å²) in [6.07, 6.45) is 4.85. The molecular formula is C12H21F2NO2. The summed E-state index contributed by atoms with van der Waals surface area (Å²) in [6.45, 7) is 0.703. The van der Waals surface area contributed by atoms with Gasteiger partial charge in [-0.25, -0.2) is 13.6 Å². The average molecular weight is 249 g/mol. The van der Waals surface area contributed by atoms with Gasteiger partial charge in [-0.15, -0.1) is 0 Å². The first-order valence-electron chi connectivity index (χ1n) is 6.09. The number of carbonyl (C=O) groups excluding carboxylic acids is 1. The van der Waals surface area contributed by atoms with Crippen LogP contribution in [0.4, 0.5) is 8.78 Å². The lowest BCUT2D eigenvalue weighted by Gasteiger charge is -2.38. The maximum absolute atomic E-state index is 13.7. The number of hydrogen-bond donors (Lipinski definition) is 1. The molecule has 0 aliphatic heterocycles. The van der Waals surface area contributed by atoms with Gasteiger partial charge < -0.3 is 10.5 Å². The molecule has 0 spiro atoms. The summed E-state index contributed by atoms with van der Waals surface area (Å²) in [4.78, 5) is 11.7. The molecule has 0 aromatic carbocycles. The van der Waals surface area contributed by atoms with Gasteiger partial charge in [0, 0.05) is 6.92 Å². The second-order valence-electron chi connectivity index (χ2n) is 4.94. The molecule has 1 fully saturated rings. The van der Waals surface area contributed by atoms with Crippen LogP contribution in [0.15, 0.2) is 0 Å².